The Hall–Kier alpha value is -0.870. The van der Waals surface area contributed by atoms with E-state index in [0.717, 1.165) is 38.8 Å². The zero-order chi connectivity index (χ0) is 11.7. The first-order chi connectivity index (χ1) is 8.36. The first-order valence-electron chi connectivity index (χ1n) is 6.32. The Morgan fingerprint density at radius 3 is 3.06 bits per heavy atom. The Morgan fingerprint density at radius 1 is 1.41 bits per heavy atom. The maximum Gasteiger partial charge on any atom is 0.252 e. The minimum atomic E-state index is -0.171. The largest absolute Gasteiger partial charge is 0.368 e. The Morgan fingerprint density at radius 2 is 2.35 bits per heavy atom. The van der Waals surface area contributed by atoms with Crippen LogP contribution in [0.1, 0.15) is 36.6 Å². The van der Waals surface area contributed by atoms with Crippen molar-refractivity contribution in [2.24, 2.45) is 0 Å². The van der Waals surface area contributed by atoms with E-state index in [1.807, 2.05) is 4.90 Å². The Bertz CT molecular complexity index is 384. The second-order valence-electron chi connectivity index (χ2n) is 4.71. The number of ether oxygens (including phenoxy) is 1. The molecule has 0 aromatic carbocycles. The molecule has 2 fully saturated rings. The number of carbonyl (C=O) groups excluding carboxylic acids is 1. The van der Waals surface area contributed by atoms with Crippen LogP contribution < -0.4 is 0 Å². The van der Waals surface area contributed by atoms with Gasteiger partial charge in [-0.25, -0.2) is 0 Å². The lowest BCUT2D eigenvalue weighted by molar-refractivity contribution is -0.141. The molecule has 3 rings (SSSR count). The van der Waals surface area contributed by atoms with Crippen molar-refractivity contribution in [1.29, 1.82) is 0 Å². The van der Waals surface area contributed by atoms with Gasteiger partial charge in [0.25, 0.3) is 5.91 Å². The fourth-order valence-electron chi connectivity index (χ4n) is 2.76. The fourth-order valence-corrected chi connectivity index (χ4v) is 3.64. The van der Waals surface area contributed by atoms with Crippen LogP contribution in [-0.4, -0.2) is 30.1 Å². The van der Waals surface area contributed by atoms with Gasteiger partial charge in [0, 0.05) is 18.0 Å². The molecule has 3 nitrogen and oxygen atoms in total. The molecule has 0 aliphatic carbocycles. The summed E-state index contributed by atoms with van der Waals surface area (Å²) in [6, 6.07) is 4.50. The molecule has 0 spiro atoms. The SMILES string of the molecule is O=C([C@H]1CCCO1)N1CCC[C@@H]1c1cccs1. The molecule has 0 unspecified atom stereocenters. The van der Waals surface area contributed by atoms with Crippen molar-refractivity contribution >= 4 is 17.2 Å². The smallest absolute Gasteiger partial charge is 0.252 e. The molecule has 17 heavy (non-hydrogen) atoms. The fraction of sp³-hybridized carbons (Fsp3) is 0.615. The van der Waals surface area contributed by atoms with Gasteiger partial charge in [-0.2, -0.15) is 0 Å². The molecule has 0 saturated carbocycles. The number of amides is 1. The highest BCUT2D eigenvalue weighted by molar-refractivity contribution is 7.10. The van der Waals surface area contributed by atoms with Gasteiger partial charge in [-0.15, -0.1) is 11.3 Å². The molecule has 0 N–H and O–H groups in total. The summed E-state index contributed by atoms with van der Waals surface area (Å²) in [5.74, 6) is 0.207. The van der Waals surface area contributed by atoms with E-state index in [0.29, 0.717) is 6.04 Å². The van der Waals surface area contributed by atoms with Crippen LogP contribution in [0.4, 0.5) is 0 Å². The van der Waals surface area contributed by atoms with E-state index < -0.39 is 0 Å². The molecule has 0 radical (unpaired) electrons. The summed E-state index contributed by atoms with van der Waals surface area (Å²) in [5, 5.41) is 2.09. The quantitative estimate of drug-likeness (QED) is 0.808. The lowest BCUT2D eigenvalue weighted by atomic mass is 10.1. The summed E-state index contributed by atoms with van der Waals surface area (Å²) < 4.78 is 5.51. The summed E-state index contributed by atoms with van der Waals surface area (Å²) >= 11 is 1.75. The highest BCUT2D eigenvalue weighted by Crippen LogP contribution is 2.35. The molecule has 2 saturated heterocycles. The molecular weight excluding hydrogens is 234 g/mol. The van der Waals surface area contributed by atoms with Crippen LogP contribution in [0, 0.1) is 0 Å². The van der Waals surface area contributed by atoms with E-state index in [4.69, 9.17) is 4.74 Å². The van der Waals surface area contributed by atoms with Crippen LogP contribution in [0.2, 0.25) is 0 Å². The van der Waals surface area contributed by atoms with E-state index >= 15 is 0 Å². The molecule has 2 aliphatic rings. The van der Waals surface area contributed by atoms with Crippen LogP contribution >= 0.6 is 11.3 Å². The number of likely N-dealkylation sites (tertiary alicyclic amines) is 1. The third kappa shape index (κ3) is 2.11. The highest BCUT2D eigenvalue weighted by atomic mass is 32.1. The lowest BCUT2D eigenvalue weighted by Crippen LogP contribution is -2.38. The summed E-state index contributed by atoms with van der Waals surface area (Å²) in [6.45, 7) is 1.63. The van der Waals surface area contributed by atoms with Gasteiger partial charge in [-0.3, -0.25) is 4.79 Å². The third-order valence-electron chi connectivity index (χ3n) is 3.61. The number of nitrogens with zero attached hydrogens (tertiary/aromatic N) is 1. The first-order valence-corrected chi connectivity index (χ1v) is 7.20. The van der Waals surface area contributed by atoms with Gasteiger partial charge in [-0.1, -0.05) is 6.07 Å². The van der Waals surface area contributed by atoms with Crippen LogP contribution in [-0.2, 0) is 9.53 Å². The summed E-state index contributed by atoms with van der Waals surface area (Å²) in [7, 11) is 0. The van der Waals surface area contributed by atoms with E-state index in [1.165, 1.54) is 4.88 Å². The average molecular weight is 251 g/mol. The highest BCUT2D eigenvalue weighted by Gasteiger charge is 2.35. The van der Waals surface area contributed by atoms with Gasteiger partial charge in [0.15, 0.2) is 0 Å². The van der Waals surface area contributed by atoms with Crippen molar-refractivity contribution < 1.29 is 9.53 Å². The van der Waals surface area contributed by atoms with Crippen LogP contribution in [0.3, 0.4) is 0 Å². The lowest BCUT2D eigenvalue weighted by Gasteiger charge is -2.26. The zero-order valence-corrected chi connectivity index (χ0v) is 10.6. The van der Waals surface area contributed by atoms with Crippen molar-refractivity contribution in [2.75, 3.05) is 13.2 Å². The van der Waals surface area contributed by atoms with Crippen LogP contribution in [0.15, 0.2) is 17.5 Å². The molecule has 2 atom stereocenters. The average Bonchev–Trinajstić information content (AvgIpc) is 3.09. The molecule has 2 aliphatic heterocycles. The zero-order valence-electron chi connectivity index (χ0n) is 9.80. The molecule has 3 heterocycles. The van der Waals surface area contributed by atoms with Crippen molar-refractivity contribution in [1.82, 2.24) is 4.90 Å². The minimum Gasteiger partial charge on any atom is -0.368 e. The van der Waals surface area contributed by atoms with E-state index in [-0.39, 0.29) is 12.0 Å². The van der Waals surface area contributed by atoms with Crippen molar-refractivity contribution in [3.63, 3.8) is 0 Å². The second-order valence-corrected chi connectivity index (χ2v) is 5.69. The van der Waals surface area contributed by atoms with E-state index in [1.54, 1.807) is 11.3 Å². The number of rotatable bonds is 2. The van der Waals surface area contributed by atoms with Gasteiger partial charge < -0.3 is 9.64 Å². The molecule has 1 aromatic heterocycles. The first kappa shape index (κ1) is 11.2. The number of carbonyl (C=O) groups is 1. The van der Waals surface area contributed by atoms with Gasteiger partial charge in [-0.05, 0) is 37.1 Å². The maximum absolute atomic E-state index is 12.4. The summed E-state index contributed by atoms with van der Waals surface area (Å²) in [6.07, 6.45) is 3.95. The molecule has 1 aromatic rings. The predicted octanol–water partition coefficient (Wildman–Crippen LogP) is 2.59. The predicted molar refractivity (Wildman–Crippen MR) is 67.0 cm³/mol. The van der Waals surface area contributed by atoms with Crippen molar-refractivity contribution in [2.45, 2.75) is 37.8 Å². The number of thiophene rings is 1. The molecule has 0 bridgehead atoms. The Balaban J connectivity index is 1.75. The topological polar surface area (TPSA) is 29.5 Å². The van der Waals surface area contributed by atoms with E-state index in [2.05, 4.69) is 17.5 Å². The summed E-state index contributed by atoms with van der Waals surface area (Å²) in [4.78, 5) is 15.7. The monoisotopic (exact) mass is 251 g/mol. The maximum atomic E-state index is 12.4. The molecule has 1 amide bonds. The van der Waals surface area contributed by atoms with Gasteiger partial charge in [0.1, 0.15) is 6.10 Å². The van der Waals surface area contributed by atoms with Gasteiger partial charge in [0.05, 0.1) is 6.04 Å². The number of hydrogen-bond donors (Lipinski definition) is 0. The van der Waals surface area contributed by atoms with Crippen molar-refractivity contribution in [3.8, 4) is 0 Å². The van der Waals surface area contributed by atoms with Gasteiger partial charge in [0.2, 0.25) is 0 Å². The van der Waals surface area contributed by atoms with Crippen LogP contribution in [0.5, 0.6) is 0 Å². The van der Waals surface area contributed by atoms with Crippen LogP contribution in [0.25, 0.3) is 0 Å². The third-order valence-corrected chi connectivity index (χ3v) is 4.59. The van der Waals surface area contributed by atoms with E-state index in [9.17, 15) is 4.79 Å². The minimum absolute atomic E-state index is 0.171. The molecule has 4 heteroatoms. The molecular formula is C13H17NO2S. The number of hydrogen-bond acceptors (Lipinski definition) is 3. The van der Waals surface area contributed by atoms with Gasteiger partial charge >= 0.3 is 0 Å². The Kier molecular flexibility index (Phi) is 3.16. The normalized spacial score (nSPS) is 28.8. The van der Waals surface area contributed by atoms with Crippen molar-refractivity contribution in [3.05, 3.63) is 22.4 Å². The summed E-state index contributed by atoms with van der Waals surface area (Å²) in [5.41, 5.74) is 0. The standard InChI is InChI=1S/C13H17NO2S/c15-13(11-5-2-8-16-11)14-7-1-4-10(14)12-6-3-9-17-12/h3,6,9-11H,1-2,4-5,7-8H2/t10-,11-/m1/s1. The molecule has 92 valence electrons. The Labute approximate surface area is 105 Å². The second kappa shape index (κ2) is 4.78.